The molecule has 2 aliphatic rings. The van der Waals surface area contributed by atoms with Gasteiger partial charge in [-0.1, -0.05) is 27.2 Å². The molecule has 0 bridgehead atoms. The van der Waals surface area contributed by atoms with E-state index in [9.17, 15) is 9.59 Å². The highest BCUT2D eigenvalue weighted by molar-refractivity contribution is 5.82. The molecule has 4 atom stereocenters. The second kappa shape index (κ2) is 6.67. The minimum Gasteiger partial charge on any atom is -0.464 e. The number of carbonyl (C=O) groups is 2. The second-order valence-corrected chi connectivity index (χ2v) is 6.83. The molecule has 1 aliphatic heterocycles. The summed E-state index contributed by atoms with van der Waals surface area (Å²) in [5, 5.41) is 0. The van der Waals surface area contributed by atoms with Gasteiger partial charge in [-0.3, -0.25) is 4.90 Å². The molecule has 5 nitrogen and oxygen atoms in total. The molecule has 2 fully saturated rings. The van der Waals surface area contributed by atoms with Gasteiger partial charge in [-0.05, 0) is 30.6 Å². The zero-order valence-corrected chi connectivity index (χ0v) is 13.5. The van der Waals surface area contributed by atoms with Crippen LogP contribution in [0, 0.1) is 17.8 Å². The first-order chi connectivity index (χ1) is 9.90. The van der Waals surface area contributed by atoms with Crippen molar-refractivity contribution in [3.05, 3.63) is 0 Å². The van der Waals surface area contributed by atoms with Crippen LogP contribution >= 0.6 is 0 Å². The fourth-order valence-corrected chi connectivity index (χ4v) is 3.43. The van der Waals surface area contributed by atoms with Gasteiger partial charge in [0.05, 0.1) is 6.61 Å². The summed E-state index contributed by atoms with van der Waals surface area (Å²) in [6.07, 6.45) is 3.33. The van der Waals surface area contributed by atoms with Crippen molar-refractivity contribution in [3.8, 4) is 0 Å². The largest absolute Gasteiger partial charge is 0.464 e. The van der Waals surface area contributed by atoms with E-state index < -0.39 is 12.1 Å². The van der Waals surface area contributed by atoms with Crippen LogP contribution in [0.5, 0.6) is 0 Å². The molecular weight excluding hydrogens is 270 g/mol. The third kappa shape index (κ3) is 3.69. The number of rotatable bonds is 3. The van der Waals surface area contributed by atoms with Crippen molar-refractivity contribution in [3.63, 3.8) is 0 Å². The van der Waals surface area contributed by atoms with Crippen molar-refractivity contribution < 1.29 is 19.1 Å². The summed E-state index contributed by atoms with van der Waals surface area (Å²) in [5.41, 5.74) is 0. The smallest absolute Gasteiger partial charge is 0.410 e. The van der Waals surface area contributed by atoms with E-state index in [-0.39, 0.29) is 12.1 Å². The van der Waals surface area contributed by atoms with Gasteiger partial charge in [-0.2, -0.15) is 0 Å². The van der Waals surface area contributed by atoms with Crippen LogP contribution in [0.3, 0.4) is 0 Å². The van der Waals surface area contributed by atoms with Crippen LogP contribution in [-0.2, 0) is 14.3 Å². The molecule has 1 saturated heterocycles. The van der Waals surface area contributed by atoms with Gasteiger partial charge in [-0.15, -0.1) is 0 Å². The predicted molar refractivity (Wildman–Crippen MR) is 78.7 cm³/mol. The SMILES string of the molecule is CC(C)[C@@H]1CC[C@@H](C)CC1OC(=O)N(C)C1CCOC1=O. The van der Waals surface area contributed by atoms with Crippen molar-refractivity contribution >= 4 is 12.1 Å². The van der Waals surface area contributed by atoms with Gasteiger partial charge < -0.3 is 9.47 Å². The van der Waals surface area contributed by atoms with Crippen molar-refractivity contribution in [1.29, 1.82) is 0 Å². The highest BCUT2D eigenvalue weighted by Crippen LogP contribution is 2.35. The average molecular weight is 297 g/mol. The highest BCUT2D eigenvalue weighted by atomic mass is 16.6. The summed E-state index contributed by atoms with van der Waals surface area (Å²) < 4.78 is 10.7. The van der Waals surface area contributed by atoms with Crippen molar-refractivity contribution in [2.75, 3.05) is 13.7 Å². The first-order valence-electron chi connectivity index (χ1n) is 8.00. The standard InChI is InChI=1S/C16H27NO4/c1-10(2)12-6-5-11(3)9-14(12)21-16(19)17(4)13-7-8-20-15(13)18/h10-14H,5-9H2,1-4H3/t11-,12+,13?,14?/m1/s1. The highest BCUT2D eigenvalue weighted by Gasteiger charge is 2.37. The van der Waals surface area contributed by atoms with Crippen LogP contribution in [0.2, 0.25) is 0 Å². The van der Waals surface area contributed by atoms with E-state index in [2.05, 4.69) is 20.8 Å². The monoisotopic (exact) mass is 297 g/mol. The summed E-state index contributed by atoms with van der Waals surface area (Å²) in [6, 6.07) is -0.490. The first-order valence-corrected chi connectivity index (χ1v) is 8.00. The quantitative estimate of drug-likeness (QED) is 0.752. The van der Waals surface area contributed by atoms with E-state index in [1.54, 1.807) is 7.05 Å². The molecule has 1 aliphatic carbocycles. The van der Waals surface area contributed by atoms with Crippen LogP contribution < -0.4 is 0 Å². The lowest BCUT2D eigenvalue weighted by molar-refractivity contribution is -0.141. The Labute approximate surface area is 127 Å². The third-order valence-electron chi connectivity index (χ3n) is 4.88. The average Bonchev–Trinajstić information content (AvgIpc) is 2.83. The molecule has 5 heteroatoms. The lowest BCUT2D eigenvalue weighted by Crippen LogP contribution is -2.44. The normalized spacial score (nSPS) is 32.9. The summed E-state index contributed by atoms with van der Waals surface area (Å²) >= 11 is 0. The number of amides is 1. The lowest BCUT2D eigenvalue weighted by atomic mass is 9.75. The predicted octanol–water partition coefficient (Wildman–Crippen LogP) is 2.83. The molecule has 0 aromatic rings. The van der Waals surface area contributed by atoms with Gasteiger partial charge in [-0.25, -0.2) is 9.59 Å². The lowest BCUT2D eigenvalue weighted by Gasteiger charge is -2.37. The Morgan fingerprint density at radius 1 is 1.33 bits per heavy atom. The van der Waals surface area contributed by atoms with Crippen LogP contribution in [-0.4, -0.2) is 42.8 Å². The molecule has 0 aromatic heterocycles. The van der Waals surface area contributed by atoms with Gasteiger partial charge in [0.25, 0.3) is 0 Å². The summed E-state index contributed by atoms with van der Waals surface area (Å²) in [4.78, 5) is 25.3. The molecule has 0 N–H and O–H groups in total. The molecule has 1 saturated carbocycles. The molecule has 21 heavy (non-hydrogen) atoms. The van der Waals surface area contributed by atoms with Gasteiger partial charge in [0.15, 0.2) is 0 Å². The molecule has 1 heterocycles. The number of hydrogen-bond acceptors (Lipinski definition) is 4. The van der Waals surface area contributed by atoms with Gasteiger partial charge in [0, 0.05) is 13.5 Å². The van der Waals surface area contributed by atoms with Gasteiger partial charge in [0.2, 0.25) is 0 Å². The zero-order valence-electron chi connectivity index (χ0n) is 13.5. The van der Waals surface area contributed by atoms with E-state index in [1.807, 2.05) is 0 Å². The fraction of sp³-hybridized carbons (Fsp3) is 0.875. The third-order valence-corrected chi connectivity index (χ3v) is 4.88. The fourth-order valence-electron chi connectivity index (χ4n) is 3.43. The number of cyclic esters (lactones) is 1. The Bertz CT molecular complexity index is 396. The van der Waals surface area contributed by atoms with Crippen molar-refractivity contribution in [2.24, 2.45) is 17.8 Å². The number of likely N-dealkylation sites (N-methyl/N-ethyl adjacent to an activating group) is 1. The number of hydrogen-bond donors (Lipinski definition) is 0. The minimum atomic E-state index is -0.490. The molecule has 120 valence electrons. The molecule has 0 aromatic carbocycles. The van der Waals surface area contributed by atoms with Crippen LogP contribution in [0.25, 0.3) is 0 Å². The maximum atomic E-state index is 12.3. The molecular formula is C16H27NO4. The maximum Gasteiger partial charge on any atom is 0.410 e. The second-order valence-electron chi connectivity index (χ2n) is 6.83. The Morgan fingerprint density at radius 2 is 2.05 bits per heavy atom. The summed E-state index contributed by atoms with van der Waals surface area (Å²) in [7, 11) is 1.62. The number of carbonyl (C=O) groups excluding carboxylic acids is 2. The van der Waals surface area contributed by atoms with E-state index in [0.717, 1.165) is 12.8 Å². The molecule has 2 rings (SSSR count). The van der Waals surface area contributed by atoms with Crippen LogP contribution in [0.15, 0.2) is 0 Å². The van der Waals surface area contributed by atoms with Crippen LogP contribution in [0.4, 0.5) is 4.79 Å². The minimum absolute atomic E-state index is 0.0406. The summed E-state index contributed by atoms with van der Waals surface area (Å²) in [6.45, 7) is 6.95. The molecule has 0 spiro atoms. The number of nitrogens with zero attached hydrogens (tertiary/aromatic N) is 1. The van der Waals surface area contributed by atoms with Crippen molar-refractivity contribution in [1.82, 2.24) is 4.90 Å². The molecule has 1 amide bonds. The van der Waals surface area contributed by atoms with Gasteiger partial charge in [0.1, 0.15) is 12.1 Å². The number of esters is 1. The maximum absolute atomic E-state index is 12.3. The van der Waals surface area contributed by atoms with E-state index in [4.69, 9.17) is 9.47 Å². The zero-order chi connectivity index (χ0) is 15.6. The van der Waals surface area contributed by atoms with Gasteiger partial charge >= 0.3 is 12.1 Å². The van der Waals surface area contributed by atoms with Crippen LogP contribution in [0.1, 0.15) is 46.5 Å². The summed E-state index contributed by atoms with van der Waals surface area (Å²) in [5.74, 6) is 1.16. The first kappa shape index (κ1) is 16.1. The Morgan fingerprint density at radius 3 is 2.62 bits per heavy atom. The topological polar surface area (TPSA) is 55.8 Å². The van der Waals surface area contributed by atoms with E-state index in [1.165, 1.54) is 11.3 Å². The Hall–Kier alpha value is -1.26. The molecule has 0 radical (unpaired) electrons. The number of ether oxygens (including phenoxy) is 2. The van der Waals surface area contributed by atoms with Crippen molar-refractivity contribution in [2.45, 2.75) is 58.6 Å². The molecule has 2 unspecified atom stereocenters. The van der Waals surface area contributed by atoms with E-state index in [0.29, 0.717) is 30.8 Å². The van der Waals surface area contributed by atoms with E-state index >= 15 is 0 Å². The Kier molecular flexibility index (Phi) is 5.12. The Balaban J connectivity index is 1.97.